The maximum atomic E-state index is 11.3. The number of aryl methyl sites for hydroxylation is 1. The molecule has 0 saturated carbocycles. The van der Waals surface area contributed by atoms with E-state index in [4.69, 9.17) is 23.1 Å². The SMILES string of the molecule is Cn1ncc(CNc2ccc(Cl)cc2C(N)=O)c1N. The Labute approximate surface area is 115 Å². The maximum Gasteiger partial charge on any atom is 0.250 e. The van der Waals surface area contributed by atoms with E-state index in [9.17, 15) is 4.79 Å². The number of nitrogen functional groups attached to an aromatic ring is 1. The number of anilines is 2. The van der Waals surface area contributed by atoms with E-state index in [1.54, 1.807) is 30.1 Å². The quantitative estimate of drug-likeness (QED) is 0.787. The van der Waals surface area contributed by atoms with E-state index in [0.717, 1.165) is 5.56 Å². The zero-order valence-corrected chi connectivity index (χ0v) is 11.1. The lowest BCUT2D eigenvalue weighted by Crippen LogP contribution is -2.14. The van der Waals surface area contributed by atoms with Gasteiger partial charge in [-0.2, -0.15) is 5.10 Å². The van der Waals surface area contributed by atoms with Crippen molar-refractivity contribution in [1.29, 1.82) is 0 Å². The Bertz CT molecular complexity index is 623. The number of hydrogen-bond donors (Lipinski definition) is 3. The van der Waals surface area contributed by atoms with Crippen LogP contribution in [0.3, 0.4) is 0 Å². The lowest BCUT2D eigenvalue weighted by atomic mass is 10.1. The molecule has 1 aromatic heterocycles. The molecule has 6 nitrogen and oxygen atoms in total. The number of amides is 1. The zero-order chi connectivity index (χ0) is 14.0. The van der Waals surface area contributed by atoms with Gasteiger partial charge in [0.15, 0.2) is 0 Å². The van der Waals surface area contributed by atoms with E-state index in [1.165, 1.54) is 6.07 Å². The van der Waals surface area contributed by atoms with Crippen LogP contribution in [0.25, 0.3) is 0 Å². The molecule has 1 amide bonds. The molecule has 19 heavy (non-hydrogen) atoms. The number of benzene rings is 1. The first-order valence-corrected chi connectivity index (χ1v) is 5.96. The Hall–Kier alpha value is -2.21. The number of carbonyl (C=O) groups excluding carboxylic acids is 1. The molecular formula is C12H14ClN5O. The van der Waals surface area contributed by atoms with Crippen molar-refractivity contribution in [2.45, 2.75) is 6.54 Å². The Morgan fingerprint density at radius 1 is 1.53 bits per heavy atom. The maximum absolute atomic E-state index is 11.3. The summed E-state index contributed by atoms with van der Waals surface area (Å²) in [7, 11) is 1.76. The molecule has 100 valence electrons. The van der Waals surface area contributed by atoms with Gasteiger partial charge in [-0.25, -0.2) is 0 Å². The van der Waals surface area contributed by atoms with Crippen molar-refractivity contribution < 1.29 is 4.79 Å². The second-order valence-corrected chi connectivity index (χ2v) is 4.52. The van der Waals surface area contributed by atoms with Crippen LogP contribution in [-0.4, -0.2) is 15.7 Å². The Kier molecular flexibility index (Phi) is 3.62. The lowest BCUT2D eigenvalue weighted by Gasteiger charge is -2.10. The Morgan fingerprint density at radius 3 is 2.84 bits per heavy atom. The van der Waals surface area contributed by atoms with Gasteiger partial charge in [-0.05, 0) is 18.2 Å². The molecule has 0 aliphatic carbocycles. The molecule has 0 saturated heterocycles. The van der Waals surface area contributed by atoms with Gasteiger partial charge in [0.25, 0.3) is 5.91 Å². The highest BCUT2D eigenvalue weighted by Gasteiger charge is 2.10. The van der Waals surface area contributed by atoms with Crippen molar-refractivity contribution in [3.8, 4) is 0 Å². The lowest BCUT2D eigenvalue weighted by molar-refractivity contribution is 0.100. The van der Waals surface area contributed by atoms with E-state index >= 15 is 0 Å². The molecule has 2 rings (SSSR count). The first-order chi connectivity index (χ1) is 8.99. The number of nitrogens with two attached hydrogens (primary N) is 2. The predicted octanol–water partition coefficient (Wildman–Crippen LogP) is 1.37. The van der Waals surface area contributed by atoms with E-state index in [0.29, 0.717) is 28.6 Å². The van der Waals surface area contributed by atoms with Crippen LogP contribution >= 0.6 is 11.6 Å². The molecule has 5 N–H and O–H groups in total. The van der Waals surface area contributed by atoms with E-state index in [1.807, 2.05) is 0 Å². The normalized spacial score (nSPS) is 10.4. The van der Waals surface area contributed by atoms with E-state index < -0.39 is 5.91 Å². The Morgan fingerprint density at radius 2 is 2.26 bits per heavy atom. The molecular weight excluding hydrogens is 266 g/mol. The minimum absolute atomic E-state index is 0.343. The summed E-state index contributed by atoms with van der Waals surface area (Å²) in [5.41, 5.74) is 12.9. The van der Waals surface area contributed by atoms with Crippen molar-refractivity contribution in [2.24, 2.45) is 12.8 Å². The summed E-state index contributed by atoms with van der Waals surface area (Å²) in [6, 6.07) is 4.91. The van der Waals surface area contributed by atoms with Crippen LogP contribution in [0.2, 0.25) is 5.02 Å². The fourth-order valence-corrected chi connectivity index (χ4v) is 1.87. The van der Waals surface area contributed by atoms with Crippen LogP contribution in [0.1, 0.15) is 15.9 Å². The van der Waals surface area contributed by atoms with Gasteiger partial charge in [-0.1, -0.05) is 11.6 Å². The Balaban J connectivity index is 2.20. The fourth-order valence-electron chi connectivity index (χ4n) is 1.69. The summed E-state index contributed by atoms with van der Waals surface area (Å²) < 4.78 is 1.58. The van der Waals surface area contributed by atoms with Crippen LogP contribution in [0.5, 0.6) is 0 Å². The minimum Gasteiger partial charge on any atom is -0.384 e. The number of aromatic nitrogens is 2. The molecule has 0 radical (unpaired) electrons. The number of hydrogen-bond acceptors (Lipinski definition) is 4. The van der Waals surface area contributed by atoms with Crippen LogP contribution in [0.15, 0.2) is 24.4 Å². The van der Waals surface area contributed by atoms with Gasteiger partial charge in [0.05, 0.1) is 11.8 Å². The molecule has 0 unspecified atom stereocenters. The van der Waals surface area contributed by atoms with Gasteiger partial charge >= 0.3 is 0 Å². The summed E-state index contributed by atoms with van der Waals surface area (Å²) in [6.07, 6.45) is 1.67. The van der Waals surface area contributed by atoms with Crippen LogP contribution in [-0.2, 0) is 13.6 Å². The van der Waals surface area contributed by atoms with Gasteiger partial charge in [0.1, 0.15) is 5.82 Å². The fraction of sp³-hybridized carbons (Fsp3) is 0.167. The molecule has 0 bridgehead atoms. The summed E-state index contributed by atoms with van der Waals surface area (Å²) in [6.45, 7) is 0.446. The second-order valence-electron chi connectivity index (χ2n) is 4.09. The third kappa shape index (κ3) is 2.79. The third-order valence-corrected chi connectivity index (χ3v) is 3.02. The molecule has 0 aliphatic heterocycles. The molecule has 1 aromatic carbocycles. The summed E-state index contributed by atoms with van der Waals surface area (Å²) in [4.78, 5) is 11.3. The van der Waals surface area contributed by atoms with Crippen molar-refractivity contribution in [3.05, 3.63) is 40.5 Å². The smallest absolute Gasteiger partial charge is 0.250 e. The number of halogens is 1. The minimum atomic E-state index is -0.538. The molecule has 0 fully saturated rings. The average Bonchev–Trinajstić information content (AvgIpc) is 2.68. The monoisotopic (exact) mass is 279 g/mol. The van der Waals surface area contributed by atoms with E-state index in [2.05, 4.69) is 10.4 Å². The topological polar surface area (TPSA) is 99.0 Å². The average molecular weight is 280 g/mol. The number of rotatable bonds is 4. The molecule has 0 spiro atoms. The van der Waals surface area contributed by atoms with Crippen molar-refractivity contribution >= 4 is 29.0 Å². The van der Waals surface area contributed by atoms with Gasteiger partial charge in [-0.15, -0.1) is 0 Å². The first kappa shape index (κ1) is 13.2. The molecule has 7 heteroatoms. The highest BCUT2D eigenvalue weighted by Crippen LogP contribution is 2.21. The van der Waals surface area contributed by atoms with E-state index in [-0.39, 0.29) is 0 Å². The molecule has 2 aromatic rings. The molecule has 0 atom stereocenters. The van der Waals surface area contributed by atoms with Crippen molar-refractivity contribution in [1.82, 2.24) is 9.78 Å². The third-order valence-electron chi connectivity index (χ3n) is 2.78. The van der Waals surface area contributed by atoms with Crippen molar-refractivity contribution in [2.75, 3.05) is 11.1 Å². The molecule has 0 aliphatic rings. The number of nitrogens with one attached hydrogen (secondary N) is 1. The van der Waals surface area contributed by atoms with Crippen LogP contribution < -0.4 is 16.8 Å². The summed E-state index contributed by atoms with van der Waals surface area (Å²) in [5, 5.41) is 7.60. The highest BCUT2D eigenvalue weighted by atomic mass is 35.5. The largest absolute Gasteiger partial charge is 0.384 e. The number of nitrogens with zero attached hydrogens (tertiary/aromatic N) is 2. The van der Waals surface area contributed by atoms with Crippen LogP contribution in [0.4, 0.5) is 11.5 Å². The predicted molar refractivity (Wildman–Crippen MR) is 74.9 cm³/mol. The standard InChI is InChI=1S/C12H14ClN5O/c1-18-11(14)7(6-17-18)5-16-10-3-2-8(13)4-9(10)12(15)19/h2-4,6,16H,5,14H2,1H3,(H2,15,19). The zero-order valence-electron chi connectivity index (χ0n) is 10.4. The van der Waals surface area contributed by atoms with Gasteiger partial charge in [0.2, 0.25) is 0 Å². The summed E-state index contributed by atoms with van der Waals surface area (Å²) in [5.74, 6) is 0.0336. The number of primary amides is 1. The molecule has 1 heterocycles. The van der Waals surface area contributed by atoms with Gasteiger partial charge < -0.3 is 16.8 Å². The van der Waals surface area contributed by atoms with Crippen molar-refractivity contribution in [3.63, 3.8) is 0 Å². The van der Waals surface area contributed by atoms with Gasteiger partial charge in [-0.3, -0.25) is 9.48 Å². The summed E-state index contributed by atoms with van der Waals surface area (Å²) >= 11 is 5.84. The van der Waals surface area contributed by atoms with Gasteiger partial charge in [0, 0.05) is 29.9 Å². The highest BCUT2D eigenvalue weighted by molar-refractivity contribution is 6.31. The second kappa shape index (κ2) is 5.19. The first-order valence-electron chi connectivity index (χ1n) is 5.58. The number of carbonyl (C=O) groups is 1. The van der Waals surface area contributed by atoms with Crippen LogP contribution in [0, 0.1) is 0 Å².